The highest BCUT2D eigenvalue weighted by atomic mass is 32.1. The highest BCUT2D eigenvalue weighted by Crippen LogP contribution is 2.43. The van der Waals surface area contributed by atoms with Crippen LogP contribution in [-0.4, -0.2) is 38.1 Å². The van der Waals surface area contributed by atoms with Gasteiger partial charge in [0.05, 0.1) is 11.6 Å². The van der Waals surface area contributed by atoms with Crippen LogP contribution >= 0.6 is 11.3 Å². The number of aliphatic hydroxyl groups excluding tert-OH is 1. The molecule has 1 saturated heterocycles. The normalized spacial score (nSPS) is 21.9. The van der Waals surface area contributed by atoms with Gasteiger partial charge in [-0.25, -0.2) is 0 Å². The molecule has 0 unspecified atom stereocenters. The monoisotopic (exact) mass is 434 g/mol. The Balaban J connectivity index is 1.68. The molecule has 3 aromatic rings. The highest BCUT2D eigenvalue weighted by molar-refractivity contribution is 7.15. The van der Waals surface area contributed by atoms with Crippen molar-refractivity contribution in [2.45, 2.75) is 32.4 Å². The van der Waals surface area contributed by atoms with E-state index in [4.69, 9.17) is 4.74 Å². The largest absolute Gasteiger partial charge is 0.507 e. The standard InChI is InChI=1S/C22H18N4O4S/c1-11-8-15-9-13(5-6-16(15)30-11)19(27)17-18(14-4-3-7-23-10-14)26(21(29)20(17)28)22-25-24-12(2)31-22/h3-7,9-11,18,27H,8H2,1-2H3/b19-17+/t11-,18+/m1/s1. The number of ether oxygens (including phenoxy) is 1. The molecule has 156 valence electrons. The lowest BCUT2D eigenvalue weighted by atomic mass is 9.95. The average molecular weight is 434 g/mol. The molecule has 2 aliphatic rings. The van der Waals surface area contributed by atoms with Crippen LogP contribution in [0.2, 0.25) is 0 Å². The summed E-state index contributed by atoms with van der Waals surface area (Å²) >= 11 is 1.20. The number of hydrogen-bond acceptors (Lipinski definition) is 8. The second-order valence-electron chi connectivity index (χ2n) is 7.51. The molecule has 0 spiro atoms. The van der Waals surface area contributed by atoms with Crippen molar-refractivity contribution in [3.63, 3.8) is 0 Å². The molecule has 2 aliphatic heterocycles. The van der Waals surface area contributed by atoms with Gasteiger partial charge in [-0.15, -0.1) is 10.2 Å². The van der Waals surface area contributed by atoms with Gasteiger partial charge in [0, 0.05) is 24.4 Å². The molecule has 1 amide bonds. The van der Waals surface area contributed by atoms with Crippen molar-refractivity contribution < 1.29 is 19.4 Å². The fourth-order valence-electron chi connectivity index (χ4n) is 3.99. The first kappa shape index (κ1) is 19.4. The van der Waals surface area contributed by atoms with E-state index in [9.17, 15) is 14.7 Å². The molecular weight excluding hydrogens is 416 g/mol. The number of carbonyl (C=O) groups excluding carboxylic acids is 2. The molecule has 0 bridgehead atoms. The maximum atomic E-state index is 13.1. The first-order chi connectivity index (χ1) is 14.9. The Labute approximate surface area is 181 Å². The first-order valence-electron chi connectivity index (χ1n) is 9.75. The van der Waals surface area contributed by atoms with E-state index in [-0.39, 0.29) is 17.4 Å². The Morgan fingerprint density at radius 3 is 2.81 bits per heavy atom. The van der Waals surface area contributed by atoms with Crippen molar-refractivity contribution in [1.29, 1.82) is 0 Å². The van der Waals surface area contributed by atoms with Crippen molar-refractivity contribution in [3.05, 3.63) is 70.0 Å². The summed E-state index contributed by atoms with van der Waals surface area (Å²) in [6, 6.07) is 7.89. The summed E-state index contributed by atoms with van der Waals surface area (Å²) in [6.45, 7) is 3.74. The zero-order chi connectivity index (χ0) is 21.7. The van der Waals surface area contributed by atoms with Crippen molar-refractivity contribution >= 4 is 33.9 Å². The molecule has 9 heteroatoms. The molecule has 0 radical (unpaired) electrons. The van der Waals surface area contributed by atoms with E-state index >= 15 is 0 Å². The van der Waals surface area contributed by atoms with Gasteiger partial charge in [-0.05, 0) is 49.2 Å². The van der Waals surface area contributed by atoms with Gasteiger partial charge in [0.25, 0.3) is 5.78 Å². The lowest BCUT2D eigenvalue weighted by Crippen LogP contribution is -2.29. The molecule has 2 aromatic heterocycles. The molecule has 0 aliphatic carbocycles. The maximum Gasteiger partial charge on any atom is 0.301 e. The number of aromatic nitrogens is 3. The quantitative estimate of drug-likeness (QED) is 0.383. The van der Waals surface area contributed by atoms with Crippen molar-refractivity contribution in [1.82, 2.24) is 15.2 Å². The van der Waals surface area contributed by atoms with Crippen LogP contribution < -0.4 is 9.64 Å². The Morgan fingerprint density at radius 2 is 2.10 bits per heavy atom. The van der Waals surface area contributed by atoms with Gasteiger partial charge < -0.3 is 9.84 Å². The zero-order valence-corrected chi connectivity index (χ0v) is 17.6. The fraction of sp³-hybridized carbons (Fsp3) is 0.227. The average Bonchev–Trinajstić information content (AvgIpc) is 3.43. The van der Waals surface area contributed by atoms with E-state index in [1.165, 1.54) is 16.2 Å². The third-order valence-corrected chi connectivity index (χ3v) is 6.17. The van der Waals surface area contributed by atoms with E-state index in [0.29, 0.717) is 27.7 Å². The summed E-state index contributed by atoms with van der Waals surface area (Å²) in [6.07, 6.45) is 3.94. The lowest BCUT2D eigenvalue weighted by molar-refractivity contribution is -0.132. The number of fused-ring (bicyclic) bond motifs is 1. The summed E-state index contributed by atoms with van der Waals surface area (Å²) in [5.41, 5.74) is 1.99. The van der Waals surface area contributed by atoms with Gasteiger partial charge in [0.1, 0.15) is 22.6 Å². The number of hydrogen-bond donors (Lipinski definition) is 1. The summed E-state index contributed by atoms with van der Waals surface area (Å²) in [7, 11) is 0. The first-order valence-corrected chi connectivity index (χ1v) is 10.6. The van der Waals surface area contributed by atoms with Gasteiger partial charge in [-0.2, -0.15) is 0 Å². The maximum absolute atomic E-state index is 13.1. The minimum absolute atomic E-state index is 0.00207. The second kappa shape index (κ2) is 7.28. The van der Waals surface area contributed by atoms with Gasteiger partial charge in [0.2, 0.25) is 5.13 Å². The molecule has 4 heterocycles. The van der Waals surface area contributed by atoms with Crippen LogP contribution in [0.4, 0.5) is 5.13 Å². The molecule has 1 N–H and O–H groups in total. The second-order valence-corrected chi connectivity index (χ2v) is 8.67. The number of anilines is 1. The zero-order valence-electron chi connectivity index (χ0n) is 16.8. The van der Waals surface area contributed by atoms with Crippen LogP contribution in [0.3, 0.4) is 0 Å². The highest BCUT2D eigenvalue weighted by Gasteiger charge is 2.48. The third-order valence-electron chi connectivity index (χ3n) is 5.34. The number of benzene rings is 1. The van der Waals surface area contributed by atoms with Crippen molar-refractivity contribution in [2.75, 3.05) is 4.90 Å². The SMILES string of the molecule is Cc1nnc(N2C(=O)C(=O)/C(=C(/O)c3ccc4c(c3)C[C@@H](C)O4)[C@@H]2c2cccnc2)s1. The summed E-state index contributed by atoms with van der Waals surface area (Å²) in [5.74, 6) is -1.01. The number of aliphatic hydroxyl groups is 1. The number of nitrogens with zero attached hydrogens (tertiary/aromatic N) is 4. The summed E-state index contributed by atoms with van der Waals surface area (Å²) in [4.78, 5) is 31.5. The van der Waals surface area contributed by atoms with E-state index in [1.54, 1.807) is 49.6 Å². The van der Waals surface area contributed by atoms with Crippen LogP contribution in [0.1, 0.15) is 34.7 Å². The smallest absolute Gasteiger partial charge is 0.301 e. The Morgan fingerprint density at radius 1 is 1.26 bits per heavy atom. The van der Waals surface area contributed by atoms with E-state index in [2.05, 4.69) is 15.2 Å². The van der Waals surface area contributed by atoms with Gasteiger partial charge in [-0.1, -0.05) is 17.4 Å². The Kier molecular flexibility index (Phi) is 4.55. The predicted molar refractivity (Wildman–Crippen MR) is 114 cm³/mol. The van der Waals surface area contributed by atoms with Crippen molar-refractivity contribution in [2.24, 2.45) is 0 Å². The van der Waals surface area contributed by atoms with Crippen LogP contribution in [0.15, 0.2) is 48.3 Å². The fourth-order valence-corrected chi connectivity index (χ4v) is 4.71. The molecular formula is C22H18N4O4S. The van der Waals surface area contributed by atoms with E-state index in [1.807, 2.05) is 6.92 Å². The summed E-state index contributed by atoms with van der Waals surface area (Å²) in [5, 5.41) is 20.2. The number of rotatable bonds is 3. The summed E-state index contributed by atoms with van der Waals surface area (Å²) < 4.78 is 5.72. The van der Waals surface area contributed by atoms with Crippen LogP contribution in [0, 0.1) is 6.92 Å². The van der Waals surface area contributed by atoms with E-state index in [0.717, 1.165) is 11.3 Å². The molecule has 2 atom stereocenters. The molecule has 5 rings (SSSR count). The minimum atomic E-state index is -0.857. The van der Waals surface area contributed by atoms with Crippen LogP contribution in [-0.2, 0) is 16.0 Å². The van der Waals surface area contributed by atoms with Gasteiger partial charge in [0.15, 0.2) is 0 Å². The van der Waals surface area contributed by atoms with Gasteiger partial charge >= 0.3 is 5.91 Å². The molecule has 1 aromatic carbocycles. The minimum Gasteiger partial charge on any atom is -0.507 e. The van der Waals surface area contributed by atoms with E-state index < -0.39 is 17.7 Å². The number of carbonyl (C=O) groups is 2. The number of pyridine rings is 1. The topological polar surface area (TPSA) is 106 Å². The van der Waals surface area contributed by atoms with Crippen molar-refractivity contribution in [3.8, 4) is 5.75 Å². The lowest BCUT2D eigenvalue weighted by Gasteiger charge is -2.22. The molecule has 31 heavy (non-hydrogen) atoms. The number of ketones is 1. The third kappa shape index (κ3) is 3.17. The molecule has 0 saturated carbocycles. The Bertz CT molecular complexity index is 1240. The van der Waals surface area contributed by atoms with Crippen LogP contribution in [0.25, 0.3) is 5.76 Å². The predicted octanol–water partition coefficient (Wildman–Crippen LogP) is 3.19. The molecule has 1 fully saturated rings. The molecule has 8 nitrogen and oxygen atoms in total. The number of aryl methyl sites for hydroxylation is 1. The van der Waals surface area contributed by atoms with Crippen LogP contribution in [0.5, 0.6) is 5.75 Å². The number of amides is 1. The van der Waals surface area contributed by atoms with Gasteiger partial charge in [-0.3, -0.25) is 19.5 Å². The Hall–Kier alpha value is -3.59. The number of Topliss-reactive ketones (excluding diaryl/α,β-unsaturated/α-hetero) is 1.